The summed E-state index contributed by atoms with van der Waals surface area (Å²) in [5, 5.41) is 3.47. The van der Waals surface area contributed by atoms with Crippen molar-refractivity contribution in [2.75, 3.05) is 30.7 Å². The zero-order chi connectivity index (χ0) is 17.9. The summed E-state index contributed by atoms with van der Waals surface area (Å²) in [6.45, 7) is 7.60. The molecule has 2 fully saturated rings. The van der Waals surface area contributed by atoms with Gasteiger partial charge in [-0.05, 0) is 68.3 Å². The van der Waals surface area contributed by atoms with E-state index in [1.807, 2.05) is 0 Å². The van der Waals surface area contributed by atoms with Gasteiger partial charge in [0.1, 0.15) is 4.60 Å². The smallest absolute Gasteiger partial charge is 0.170 e. The van der Waals surface area contributed by atoms with E-state index in [4.69, 9.17) is 10.5 Å². The highest BCUT2D eigenvalue weighted by Gasteiger charge is 2.38. The Kier molecular flexibility index (Phi) is 6.17. The van der Waals surface area contributed by atoms with Crippen LogP contribution in [0.15, 0.2) is 10.8 Å². The average Bonchev–Trinajstić information content (AvgIpc) is 2.61. The lowest BCUT2D eigenvalue weighted by Crippen LogP contribution is -2.53. The number of likely N-dealkylation sites (tertiary alicyclic amines) is 1. The van der Waals surface area contributed by atoms with Crippen molar-refractivity contribution in [3.63, 3.8) is 0 Å². The van der Waals surface area contributed by atoms with Crippen molar-refractivity contribution in [2.45, 2.75) is 70.1 Å². The minimum absolute atomic E-state index is 0.327. The maximum Gasteiger partial charge on any atom is 0.170 e. The molecule has 1 aliphatic carbocycles. The molecule has 0 amide bonds. The van der Waals surface area contributed by atoms with Crippen LogP contribution in [-0.4, -0.2) is 52.2 Å². The van der Waals surface area contributed by atoms with E-state index in [1.165, 1.54) is 25.7 Å². The molecule has 6 nitrogen and oxygen atoms in total. The van der Waals surface area contributed by atoms with Crippen LogP contribution in [0.1, 0.15) is 52.4 Å². The molecule has 1 aromatic rings. The molecule has 3 rings (SSSR count). The first-order valence-electron chi connectivity index (χ1n) is 9.41. The largest absolute Gasteiger partial charge is 0.381 e. The van der Waals surface area contributed by atoms with Crippen LogP contribution in [0.3, 0.4) is 0 Å². The molecule has 3 N–H and O–H groups in total. The molecule has 7 heteroatoms. The molecular weight excluding hydrogens is 382 g/mol. The van der Waals surface area contributed by atoms with Crippen LogP contribution in [0.2, 0.25) is 0 Å². The number of nitrogens with two attached hydrogens (primary N) is 1. The highest BCUT2D eigenvalue weighted by Crippen LogP contribution is 2.36. The topological polar surface area (TPSA) is 76.3 Å². The second-order valence-corrected chi connectivity index (χ2v) is 8.30. The molecule has 0 spiro atoms. The first kappa shape index (κ1) is 18.9. The lowest BCUT2D eigenvalue weighted by atomic mass is 9.79. The number of piperidine rings is 1. The second-order valence-electron chi connectivity index (χ2n) is 7.48. The van der Waals surface area contributed by atoms with Crippen LogP contribution in [0, 0.1) is 0 Å². The summed E-state index contributed by atoms with van der Waals surface area (Å²) in [5.41, 5.74) is 6.26. The van der Waals surface area contributed by atoms with E-state index >= 15 is 0 Å². The first-order chi connectivity index (χ1) is 12.0. The minimum Gasteiger partial charge on any atom is -0.381 e. The standard InChI is InChI=1S/C18H30BrN5O/c1-3-25-14-4-8-18(2,9-5-14)24-10-6-13(7-11-24)22-17-16(20)21-12-15(19)23-17/h12-14H,3-11H2,1-2H3,(H2,20,21)(H,22,23)/t14-,18-. The molecule has 1 saturated carbocycles. The lowest BCUT2D eigenvalue weighted by molar-refractivity contribution is -0.0242. The van der Waals surface area contributed by atoms with Crippen molar-refractivity contribution in [1.82, 2.24) is 14.9 Å². The monoisotopic (exact) mass is 411 g/mol. The van der Waals surface area contributed by atoms with Gasteiger partial charge < -0.3 is 15.8 Å². The van der Waals surface area contributed by atoms with E-state index in [9.17, 15) is 0 Å². The van der Waals surface area contributed by atoms with Crippen molar-refractivity contribution in [3.05, 3.63) is 10.8 Å². The molecule has 2 heterocycles. The maximum atomic E-state index is 5.93. The number of anilines is 2. The summed E-state index contributed by atoms with van der Waals surface area (Å²) in [6.07, 6.45) is 9.16. The summed E-state index contributed by atoms with van der Waals surface area (Å²) < 4.78 is 6.52. The van der Waals surface area contributed by atoms with Crippen LogP contribution in [0.5, 0.6) is 0 Å². The Labute approximate surface area is 159 Å². The van der Waals surface area contributed by atoms with E-state index in [2.05, 4.69) is 50.0 Å². The average molecular weight is 412 g/mol. The van der Waals surface area contributed by atoms with E-state index in [-0.39, 0.29) is 0 Å². The molecule has 2 aliphatic rings. The third-order valence-corrected chi connectivity index (χ3v) is 6.16. The van der Waals surface area contributed by atoms with E-state index in [0.717, 1.165) is 32.5 Å². The molecule has 1 aromatic heterocycles. The van der Waals surface area contributed by atoms with Crippen molar-refractivity contribution in [3.8, 4) is 0 Å². The fourth-order valence-electron chi connectivity index (χ4n) is 4.17. The number of aromatic nitrogens is 2. The van der Waals surface area contributed by atoms with E-state index < -0.39 is 0 Å². The van der Waals surface area contributed by atoms with Gasteiger partial charge in [-0.1, -0.05) is 0 Å². The number of ether oxygens (including phenoxy) is 1. The molecule has 0 radical (unpaired) electrons. The van der Waals surface area contributed by atoms with Gasteiger partial charge in [-0.25, -0.2) is 9.97 Å². The summed E-state index contributed by atoms with van der Waals surface area (Å²) in [7, 11) is 0. The Morgan fingerprint density at radius 1 is 1.32 bits per heavy atom. The van der Waals surface area contributed by atoms with Crippen LogP contribution in [0.4, 0.5) is 11.6 Å². The number of nitrogens with one attached hydrogen (secondary N) is 1. The van der Waals surface area contributed by atoms with Gasteiger partial charge >= 0.3 is 0 Å². The van der Waals surface area contributed by atoms with Crippen molar-refractivity contribution >= 4 is 27.6 Å². The number of nitrogen functional groups attached to an aromatic ring is 1. The normalized spacial score (nSPS) is 28.8. The van der Waals surface area contributed by atoms with Gasteiger partial charge in [0.05, 0.1) is 12.3 Å². The zero-order valence-electron chi connectivity index (χ0n) is 15.3. The fourth-order valence-corrected chi connectivity index (χ4v) is 4.45. The third-order valence-electron chi connectivity index (χ3n) is 5.78. The quantitative estimate of drug-likeness (QED) is 0.772. The van der Waals surface area contributed by atoms with Crippen molar-refractivity contribution in [2.24, 2.45) is 0 Å². The third kappa shape index (κ3) is 4.63. The predicted molar refractivity (Wildman–Crippen MR) is 105 cm³/mol. The summed E-state index contributed by atoms with van der Waals surface area (Å²) in [6, 6.07) is 0.408. The van der Waals surface area contributed by atoms with Crippen molar-refractivity contribution < 1.29 is 4.74 Å². The Morgan fingerprint density at radius 3 is 2.64 bits per heavy atom. The van der Waals surface area contributed by atoms with Gasteiger partial charge in [0, 0.05) is 31.3 Å². The van der Waals surface area contributed by atoms with Crippen LogP contribution in [0.25, 0.3) is 0 Å². The summed E-state index contributed by atoms with van der Waals surface area (Å²) >= 11 is 3.36. The Hall–Kier alpha value is -0.920. The number of rotatable bonds is 5. The van der Waals surface area contributed by atoms with Gasteiger partial charge in [0.15, 0.2) is 11.6 Å². The van der Waals surface area contributed by atoms with Gasteiger partial charge in [-0.2, -0.15) is 0 Å². The van der Waals surface area contributed by atoms with Gasteiger partial charge in [0.25, 0.3) is 0 Å². The summed E-state index contributed by atoms with van der Waals surface area (Å²) in [4.78, 5) is 11.2. The molecule has 1 saturated heterocycles. The number of nitrogens with zero attached hydrogens (tertiary/aromatic N) is 3. The molecule has 25 heavy (non-hydrogen) atoms. The van der Waals surface area contributed by atoms with Crippen LogP contribution >= 0.6 is 15.9 Å². The Bertz CT molecular complexity index is 569. The number of hydrogen-bond donors (Lipinski definition) is 2. The highest BCUT2D eigenvalue weighted by atomic mass is 79.9. The molecule has 0 aromatic carbocycles. The van der Waals surface area contributed by atoms with Crippen LogP contribution < -0.4 is 11.1 Å². The molecule has 140 valence electrons. The van der Waals surface area contributed by atoms with Gasteiger partial charge in [0.2, 0.25) is 0 Å². The maximum absolute atomic E-state index is 5.93. The van der Waals surface area contributed by atoms with Gasteiger partial charge in [-0.15, -0.1) is 0 Å². The Morgan fingerprint density at radius 2 is 2.00 bits per heavy atom. The van der Waals surface area contributed by atoms with E-state index in [1.54, 1.807) is 6.20 Å². The van der Waals surface area contributed by atoms with E-state index in [0.29, 0.717) is 33.9 Å². The number of hydrogen-bond acceptors (Lipinski definition) is 6. The lowest BCUT2D eigenvalue weighted by Gasteiger charge is -2.48. The fraction of sp³-hybridized carbons (Fsp3) is 0.778. The molecule has 0 atom stereocenters. The SMILES string of the molecule is CCO[C@H]1CC[C@](C)(N2CCC(Nc3nc(Br)cnc3N)CC2)CC1. The molecule has 1 aliphatic heterocycles. The Balaban J connectivity index is 1.51. The zero-order valence-corrected chi connectivity index (χ0v) is 16.9. The van der Waals surface area contributed by atoms with Crippen LogP contribution in [-0.2, 0) is 4.74 Å². The predicted octanol–water partition coefficient (Wildman–Crippen LogP) is 3.44. The van der Waals surface area contributed by atoms with Crippen molar-refractivity contribution in [1.29, 1.82) is 0 Å². The molecule has 0 bridgehead atoms. The molecular formula is C18H30BrN5O. The second kappa shape index (κ2) is 8.18. The number of halogens is 1. The molecule has 0 unspecified atom stereocenters. The first-order valence-corrected chi connectivity index (χ1v) is 10.2. The van der Waals surface area contributed by atoms with Gasteiger partial charge in [-0.3, -0.25) is 4.90 Å². The minimum atomic E-state index is 0.327. The summed E-state index contributed by atoms with van der Waals surface area (Å²) in [5.74, 6) is 1.16. The highest BCUT2D eigenvalue weighted by molar-refractivity contribution is 9.10.